The average Bonchev–Trinajstić information content (AvgIpc) is 3.00. The number of hydrogen-bond donors (Lipinski definition) is 2. The molecule has 5 heteroatoms. The zero-order valence-electron chi connectivity index (χ0n) is 11.7. The predicted molar refractivity (Wildman–Crippen MR) is 82.3 cm³/mol. The Kier molecular flexibility index (Phi) is 5.11. The van der Waals surface area contributed by atoms with Gasteiger partial charge in [-0.25, -0.2) is 0 Å². The first-order valence-corrected chi connectivity index (χ1v) is 7.61. The Labute approximate surface area is 127 Å². The standard InChI is InChI=1S/C16H17NO3S/c1-11(13-7-8-21-10-13)16(20)17-14(9-15(18)19)12-5-3-2-4-6-12/h2-8,10-11,14H,9H2,1H3,(H,17,20)(H,18,19). The number of rotatable bonds is 6. The molecular weight excluding hydrogens is 286 g/mol. The van der Waals surface area contributed by atoms with Crippen LogP contribution in [0, 0.1) is 0 Å². The monoisotopic (exact) mass is 303 g/mol. The zero-order valence-corrected chi connectivity index (χ0v) is 12.5. The SMILES string of the molecule is CC(C(=O)NC(CC(=O)O)c1ccccc1)c1ccsc1. The van der Waals surface area contributed by atoms with Gasteiger partial charge >= 0.3 is 5.97 Å². The Morgan fingerprint density at radius 2 is 1.90 bits per heavy atom. The Bertz CT molecular complexity index is 595. The van der Waals surface area contributed by atoms with Crippen molar-refractivity contribution < 1.29 is 14.7 Å². The molecule has 0 aliphatic heterocycles. The number of carboxylic acid groups (broad SMARTS) is 1. The topological polar surface area (TPSA) is 66.4 Å². The number of amides is 1. The van der Waals surface area contributed by atoms with Gasteiger partial charge < -0.3 is 10.4 Å². The minimum atomic E-state index is -0.938. The van der Waals surface area contributed by atoms with Crippen LogP contribution < -0.4 is 5.32 Å². The second-order valence-corrected chi connectivity index (χ2v) is 5.63. The summed E-state index contributed by atoms with van der Waals surface area (Å²) >= 11 is 1.54. The number of carbonyl (C=O) groups is 2. The van der Waals surface area contributed by atoms with Crippen LogP contribution in [0.4, 0.5) is 0 Å². The zero-order chi connectivity index (χ0) is 15.2. The summed E-state index contributed by atoms with van der Waals surface area (Å²) in [5.41, 5.74) is 1.74. The van der Waals surface area contributed by atoms with Gasteiger partial charge in [-0.15, -0.1) is 0 Å². The van der Waals surface area contributed by atoms with Crippen LogP contribution in [-0.2, 0) is 9.59 Å². The molecule has 21 heavy (non-hydrogen) atoms. The van der Waals surface area contributed by atoms with Gasteiger partial charge in [0.2, 0.25) is 5.91 Å². The first kappa shape index (κ1) is 15.3. The number of aliphatic carboxylic acids is 1. The molecule has 2 rings (SSSR count). The Hall–Kier alpha value is -2.14. The van der Waals surface area contributed by atoms with Gasteiger partial charge in [0, 0.05) is 0 Å². The molecule has 4 nitrogen and oxygen atoms in total. The van der Waals surface area contributed by atoms with Crippen molar-refractivity contribution in [1.82, 2.24) is 5.32 Å². The fourth-order valence-electron chi connectivity index (χ4n) is 2.08. The summed E-state index contributed by atoms with van der Waals surface area (Å²) in [6.45, 7) is 1.82. The lowest BCUT2D eigenvalue weighted by atomic mass is 10.00. The number of benzene rings is 1. The lowest BCUT2D eigenvalue weighted by Crippen LogP contribution is -2.33. The van der Waals surface area contributed by atoms with Crippen LogP contribution in [0.2, 0.25) is 0 Å². The van der Waals surface area contributed by atoms with E-state index in [4.69, 9.17) is 5.11 Å². The van der Waals surface area contributed by atoms with E-state index in [1.807, 2.05) is 54.1 Å². The molecule has 1 amide bonds. The van der Waals surface area contributed by atoms with Gasteiger partial charge in [0.15, 0.2) is 0 Å². The second kappa shape index (κ2) is 7.04. The molecule has 1 aromatic carbocycles. The second-order valence-electron chi connectivity index (χ2n) is 4.85. The molecule has 0 spiro atoms. The van der Waals surface area contributed by atoms with E-state index >= 15 is 0 Å². The van der Waals surface area contributed by atoms with E-state index in [9.17, 15) is 9.59 Å². The van der Waals surface area contributed by atoms with Gasteiger partial charge in [-0.3, -0.25) is 9.59 Å². The predicted octanol–water partition coefficient (Wildman–Crippen LogP) is 3.18. The molecule has 1 heterocycles. The fourth-order valence-corrected chi connectivity index (χ4v) is 2.84. The van der Waals surface area contributed by atoms with Gasteiger partial charge in [0.05, 0.1) is 18.4 Å². The highest BCUT2D eigenvalue weighted by molar-refractivity contribution is 7.08. The summed E-state index contributed by atoms with van der Waals surface area (Å²) in [6.07, 6.45) is -0.133. The van der Waals surface area contributed by atoms with Gasteiger partial charge in [-0.1, -0.05) is 30.3 Å². The molecule has 1 aromatic heterocycles. The van der Waals surface area contributed by atoms with Gasteiger partial charge in [-0.2, -0.15) is 11.3 Å². The third-order valence-electron chi connectivity index (χ3n) is 3.33. The van der Waals surface area contributed by atoms with Crippen LogP contribution in [0.3, 0.4) is 0 Å². The van der Waals surface area contributed by atoms with Crippen LogP contribution in [0.1, 0.15) is 36.4 Å². The van der Waals surface area contributed by atoms with Crippen molar-refractivity contribution in [1.29, 1.82) is 0 Å². The molecule has 2 atom stereocenters. The Morgan fingerprint density at radius 3 is 2.48 bits per heavy atom. The van der Waals surface area contributed by atoms with Crippen molar-refractivity contribution in [2.24, 2.45) is 0 Å². The molecular formula is C16H17NO3S. The first-order chi connectivity index (χ1) is 10.1. The number of carbonyl (C=O) groups excluding carboxylic acids is 1. The van der Waals surface area contributed by atoms with E-state index in [0.29, 0.717) is 0 Å². The van der Waals surface area contributed by atoms with Crippen molar-refractivity contribution in [3.63, 3.8) is 0 Å². The number of hydrogen-bond acceptors (Lipinski definition) is 3. The first-order valence-electron chi connectivity index (χ1n) is 6.67. The van der Waals surface area contributed by atoms with Gasteiger partial charge in [-0.05, 0) is 34.9 Å². The molecule has 0 radical (unpaired) electrons. The molecule has 0 bridgehead atoms. The van der Waals surface area contributed by atoms with Crippen molar-refractivity contribution in [2.45, 2.75) is 25.3 Å². The highest BCUT2D eigenvalue weighted by Crippen LogP contribution is 2.22. The molecule has 0 saturated heterocycles. The summed E-state index contributed by atoms with van der Waals surface area (Å²) < 4.78 is 0. The molecule has 0 aliphatic carbocycles. The third kappa shape index (κ3) is 4.16. The van der Waals surface area contributed by atoms with Crippen LogP contribution in [0.25, 0.3) is 0 Å². The average molecular weight is 303 g/mol. The fraction of sp³-hybridized carbons (Fsp3) is 0.250. The molecule has 2 unspecified atom stereocenters. The third-order valence-corrected chi connectivity index (χ3v) is 4.04. The highest BCUT2D eigenvalue weighted by atomic mass is 32.1. The maximum absolute atomic E-state index is 12.3. The largest absolute Gasteiger partial charge is 0.481 e. The normalized spacial score (nSPS) is 13.4. The van der Waals surface area contributed by atoms with Crippen LogP contribution >= 0.6 is 11.3 Å². The summed E-state index contributed by atoms with van der Waals surface area (Å²) in [4.78, 5) is 23.3. The van der Waals surface area contributed by atoms with Crippen LogP contribution in [0.5, 0.6) is 0 Å². The molecule has 110 valence electrons. The van der Waals surface area contributed by atoms with E-state index in [1.165, 1.54) is 11.3 Å². The lowest BCUT2D eigenvalue weighted by Gasteiger charge is -2.20. The maximum atomic E-state index is 12.3. The summed E-state index contributed by atoms with van der Waals surface area (Å²) in [6, 6.07) is 10.6. The highest BCUT2D eigenvalue weighted by Gasteiger charge is 2.22. The number of carboxylic acids is 1. The van der Waals surface area contributed by atoms with E-state index in [-0.39, 0.29) is 18.2 Å². The summed E-state index contributed by atoms with van der Waals surface area (Å²) in [5.74, 6) is -1.40. The van der Waals surface area contributed by atoms with Crippen molar-refractivity contribution in [2.75, 3.05) is 0 Å². The van der Waals surface area contributed by atoms with E-state index in [0.717, 1.165) is 11.1 Å². The number of nitrogens with one attached hydrogen (secondary N) is 1. The van der Waals surface area contributed by atoms with E-state index < -0.39 is 12.0 Å². The van der Waals surface area contributed by atoms with E-state index in [1.54, 1.807) is 0 Å². The van der Waals surface area contributed by atoms with Crippen molar-refractivity contribution >= 4 is 23.2 Å². The molecule has 0 saturated carbocycles. The minimum absolute atomic E-state index is 0.133. The lowest BCUT2D eigenvalue weighted by molar-refractivity contribution is -0.137. The van der Waals surface area contributed by atoms with E-state index in [2.05, 4.69) is 5.32 Å². The summed E-state index contributed by atoms with van der Waals surface area (Å²) in [5, 5.41) is 15.7. The quantitative estimate of drug-likeness (QED) is 0.861. The van der Waals surface area contributed by atoms with Gasteiger partial charge in [0.1, 0.15) is 0 Å². The smallest absolute Gasteiger partial charge is 0.305 e. The van der Waals surface area contributed by atoms with Gasteiger partial charge in [0.25, 0.3) is 0 Å². The van der Waals surface area contributed by atoms with Crippen molar-refractivity contribution in [3.8, 4) is 0 Å². The minimum Gasteiger partial charge on any atom is -0.481 e. The van der Waals surface area contributed by atoms with Crippen LogP contribution in [0.15, 0.2) is 47.2 Å². The number of thiophene rings is 1. The Balaban J connectivity index is 2.11. The Morgan fingerprint density at radius 1 is 1.19 bits per heavy atom. The molecule has 0 fully saturated rings. The molecule has 2 aromatic rings. The van der Waals surface area contributed by atoms with Crippen molar-refractivity contribution in [3.05, 3.63) is 58.3 Å². The maximum Gasteiger partial charge on any atom is 0.305 e. The van der Waals surface area contributed by atoms with Crippen LogP contribution in [-0.4, -0.2) is 17.0 Å². The summed E-state index contributed by atoms with van der Waals surface area (Å²) in [7, 11) is 0. The molecule has 2 N–H and O–H groups in total. The molecule has 0 aliphatic rings.